The Morgan fingerprint density at radius 3 is 1.45 bits per heavy atom. The first-order valence-corrected chi connectivity index (χ1v) is 27.4. The van der Waals surface area contributed by atoms with E-state index in [0.717, 1.165) is 10.0 Å². The van der Waals surface area contributed by atoms with E-state index in [0.29, 0.717) is 32.7 Å². The molecule has 0 spiro atoms. The van der Waals surface area contributed by atoms with Gasteiger partial charge in [0, 0.05) is 69.2 Å². The summed E-state index contributed by atoms with van der Waals surface area (Å²) < 4.78 is 70.9. The molecule has 11 N–H and O–H groups in total. The molecule has 2 aromatic heterocycles. The van der Waals surface area contributed by atoms with Gasteiger partial charge in [-0.2, -0.15) is 0 Å². The molecule has 0 aliphatic carbocycles. The summed E-state index contributed by atoms with van der Waals surface area (Å²) in [6.07, 6.45) is -0.541. The van der Waals surface area contributed by atoms with Crippen molar-refractivity contribution in [3.05, 3.63) is 142 Å². The molecule has 0 aliphatic heterocycles. The van der Waals surface area contributed by atoms with Crippen molar-refractivity contribution >= 4 is 98.3 Å². The van der Waals surface area contributed by atoms with Gasteiger partial charge in [-0.1, -0.05) is 47.5 Å². The van der Waals surface area contributed by atoms with Crippen molar-refractivity contribution in [1.82, 2.24) is 46.8 Å². The highest BCUT2D eigenvalue weighted by atomic mass is 35.5. The Labute approximate surface area is 506 Å². The van der Waals surface area contributed by atoms with E-state index in [-0.39, 0.29) is 60.9 Å². The normalized spacial score (nSPS) is 12.5. The number of carbonyl (C=O) groups is 7. The molecule has 2 heterocycles. The number of carbonyl (C=O) groups excluding carboxylic acids is 7. The molecule has 30 heteroatoms. The molecule has 0 bridgehead atoms. The number of amides is 7. The number of nitrogens with zero attached hydrogens (tertiary/aromatic N) is 4. The third-order valence-electron chi connectivity index (χ3n) is 12.1. The van der Waals surface area contributed by atoms with E-state index in [4.69, 9.17) is 48.3 Å². The Morgan fingerprint density at radius 2 is 1.05 bits per heavy atom. The van der Waals surface area contributed by atoms with Crippen molar-refractivity contribution in [3.63, 3.8) is 0 Å². The van der Waals surface area contributed by atoms with E-state index in [1.54, 1.807) is 32.9 Å². The first kappa shape index (κ1) is 69.3. The van der Waals surface area contributed by atoms with E-state index >= 15 is 0 Å². The van der Waals surface area contributed by atoms with Gasteiger partial charge in [0.05, 0.1) is 54.2 Å². The lowest BCUT2D eigenvalue weighted by molar-refractivity contribution is -0.139. The van der Waals surface area contributed by atoms with Gasteiger partial charge in [-0.15, -0.1) is 0 Å². The SMILES string of the molecule is CC(=O)N(NCc1cccc(F)c1Cl)C(COC(=O)Nc1cc2cc(F)ccc2cn1)CC(=O)NC[C@@H](N)CO.CC(=O)N(NCc1cccc(F)c1Cl)[C@H](COC(=O)Nc1cc2cc(F)ccc2cn1)CC(=O)NC[C@H](CO)NC(=O)OC(C)(C)C. The Morgan fingerprint density at radius 1 is 0.609 bits per heavy atom. The van der Waals surface area contributed by atoms with E-state index in [2.05, 4.69) is 47.4 Å². The third kappa shape index (κ3) is 23.0. The smallest absolute Gasteiger partial charge is 0.412 e. The number of nitrogens with two attached hydrogens (primary N) is 1. The highest BCUT2D eigenvalue weighted by Crippen LogP contribution is 2.23. The molecule has 0 radical (unpaired) electrons. The molecule has 0 fully saturated rings. The van der Waals surface area contributed by atoms with Crippen LogP contribution in [0, 0.1) is 23.3 Å². The number of ether oxygens (including phenoxy) is 3. The van der Waals surface area contributed by atoms with Gasteiger partial charge in [0.1, 0.15) is 53.7 Å². The average Bonchev–Trinajstić information content (AvgIpc) is 3.67. The van der Waals surface area contributed by atoms with Crippen molar-refractivity contribution in [2.24, 2.45) is 5.73 Å². The van der Waals surface area contributed by atoms with Gasteiger partial charge in [0.15, 0.2) is 0 Å². The molecule has 0 saturated carbocycles. The average molecular weight is 1260 g/mol. The molecular weight excluding hydrogens is 1190 g/mol. The lowest BCUT2D eigenvalue weighted by Gasteiger charge is -2.31. The van der Waals surface area contributed by atoms with Crippen LogP contribution in [0.1, 0.15) is 58.6 Å². The van der Waals surface area contributed by atoms with E-state index < -0.39 is 121 Å². The molecule has 1 unspecified atom stereocenters. The number of hydrogen-bond donors (Lipinski definition) is 10. The lowest BCUT2D eigenvalue weighted by atomic mass is 10.1. The fourth-order valence-electron chi connectivity index (χ4n) is 7.89. The molecule has 7 amide bonds. The zero-order chi connectivity index (χ0) is 64.0. The molecule has 4 aromatic carbocycles. The van der Waals surface area contributed by atoms with Gasteiger partial charge < -0.3 is 46.1 Å². The predicted octanol–water partition coefficient (Wildman–Crippen LogP) is 6.49. The van der Waals surface area contributed by atoms with Crippen LogP contribution in [0.2, 0.25) is 10.0 Å². The van der Waals surface area contributed by atoms with Gasteiger partial charge in [0.25, 0.3) is 0 Å². The first-order valence-electron chi connectivity index (χ1n) is 26.6. The van der Waals surface area contributed by atoms with Crippen LogP contribution in [-0.4, -0.2) is 141 Å². The molecule has 0 saturated heterocycles. The zero-order valence-corrected chi connectivity index (χ0v) is 49.2. The van der Waals surface area contributed by atoms with Crippen LogP contribution < -0.4 is 43.2 Å². The molecular formula is C57H66Cl2F4N12O12. The number of nitrogens with one attached hydrogen (secondary N) is 7. The number of aliphatic hydroxyl groups is 2. The highest BCUT2D eigenvalue weighted by Gasteiger charge is 2.29. The summed E-state index contributed by atoms with van der Waals surface area (Å²) in [5.41, 5.74) is 11.1. The molecule has 87 heavy (non-hydrogen) atoms. The summed E-state index contributed by atoms with van der Waals surface area (Å²) in [5, 5.41) is 35.3. The van der Waals surface area contributed by atoms with Crippen molar-refractivity contribution in [3.8, 4) is 0 Å². The van der Waals surface area contributed by atoms with Crippen LogP contribution in [0.25, 0.3) is 21.5 Å². The minimum atomic E-state index is -1.10. The minimum absolute atomic E-state index is 0.0238. The standard InChI is InChI=1S/C31H37ClF2N6O7.C26H29ClF2N6O5/c1-18(42)40(37-14-20-6-5-7-25(34)28(20)32)24(12-27(43)36-15-23(16-41)38-30(45)47-31(2,3)4)17-46-29(44)39-26-11-21-10-22(33)9-8-19(21)13-35-26;1-15(37)35(33-11-17-3-2-4-22(29)25(17)27)21(9-24(38)32-12-20(30)13-36)14-40-26(39)34-23-8-18-7-19(28)6-5-16(18)10-31-23/h5-11,13,23-24,37,41H,12,14-17H2,1-4H3,(H,36,43)(H,38,45)(H,35,39,44);2-8,10,20-21,33,36H,9,11-14,30H2,1H3,(H,32,38)(H,31,34,39)/t23-,24+;20-,21?/m11/s1. The largest absolute Gasteiger partial charge is 0.447 e. The number of aliphatic hydroxyl groups excluding tert-OH is 2. The zero-order valence-electron chi connectivity index (χ0n) is 47.7. The van der Waals surface area contributed by atoms with Crippen molar-refractivity contribution in [2.75, 3.05) is 50.2 Å². The van der Waals surface area contributed by atoms with Crippen LogP contribution in [0.5, 0.6) is 0 Å². The minimum Gasteiger partial charge on any atom is -0.447 e. The van der Waals surface area contributed by atoms with Gasteiger partial charge in [0.2, 0.25) is 23.6 Å². The van der Waals surface area contributed by atoms with E-state index in [1.807, 2.05) is 0 Å². The summed E-state index contributed by atoms with van der Waals surface area (Å²) in [6, 6.07) is 15.7. The Bertz CT molecular complexity index is 3390. The number of fused-ring (bicyclic) bond motifs is 2. The number of aromatic nitrogens is 2. The summed E-state index contributed by atoms with van der Waals surface area (Å²) >= 11 is 12.1. The van der Waals surface area contributed by atoms with Crippen molar-refractivity contribution in [2.45, 2.75) is 90.3 Å². The number of hydrazine groups is 2. The summed E-state index contributed by atoms with van der Waals surface area (Å²) in [6.45, 7) is 5.23. The Hall–Kier alpha value is -8.51. The number of pyridine rings is 2. The first-order chi connectivity index (χ1) is 41.2. The van der Waals surface area contributed by atoms with Crippen molar-refractivity contribution < 1.29 is 75.5 Å². The second-order valence-corrected chi connectivity index (χ2v) is 21.0. The molecule has 6 aromatic rings. The van der Waals surface area contributed by atoms with Crippen LogP contribution in [0.15, 0.2) is 97.3 Å². The number of rotatable bonds is 25. The van der Waals surface area contributed by atoms with Gasteiger partial charge >= 0.3 is 18.3 Å². The second-order valence-electron chi connectivity index (χ2n) is 20.2. The van der Waals surface area contributed by atoms with Gasteiger partial charge in [-0.25, -0.2) is 52.8 Å². The fraction of sp³-hybridized carbons (Fsp3) is 0.351. The summed E-state index contributed by atoms with van der Waals surface area (Å²) in [7, 11) is 0. The monoisotopic (exact) mass is 1260 g/mol. The Balaban J connectivity index is 0.000000321. The van der Waals surface area contributed by atoms with Gasteiger partial charge in [-0.05, 0) is 103 Å². The van der Waals surface area contributed by atoms with Gasteiger partial charge in [-0.3, -0.25) is 39.8 Å². The molecule has 0 aliphatic rings. The maximum absolute atomic E-state index is 14.0. The number of benzene rings is 4. The number of halogens is 6. The number of hydrogen-bond acceptors (Lipinski definition) is 17. The maximum Gasteiger partial charge on any atom is 0.412 e. The topological polar surface area (TPSA) is 330 Å². The van der Waals surface area contributed by atoms with E-state index in [1.165, 1.54) is 99.0 Å². The number of anilines is 2. The highest BCUT2D eigenvalue weighted by molar-refractivity contribution is 6.31. The van der Waals surface area contributed by atoms with Crippen LogP contribution in [0.4, 0.5) is 43.6 Å². The summed E-state index contributed by atoms with van der Waals surface area (Å²) in [5.74, 6) is -4.33. The maximum atomic E-state index is 14.0. The van der Waals surface area contributed by atoms with Crippen LogP contribution in [-0.2, 0) is 46.5 Å². The second kappa shape index (κ2) is 33.4. The Kier molecular flexibility index (Phi) is 26.6. The predicted molar refractivity (Wildman–Crippen MR) is 313 cm³/mol. The molecule has 4 atom stereocenters. The van der Waals surface area contributed by atoms with Crippen LogP contribution >= 0.6 is 23.2 Å². The fourth-order valence-corrected chi connectivity index (χ4v) is 8.28. The summed E-state index contributed by atoms with van der Waals surface area (Å²) in [4.78, 5) is 96.3. The molecule has 6 rings (SSSR count). The quantitative estimate of drug-likeness (QED) is 0.0166. The van der Waals surface area contributed by atoms with Crippen molar-refractivity contribution in [1.29, 1.82) is 0 Å². The third-order valence-corrected chi connectivity index (χ3v) is 13.0. The molecule has 468 valence electrons. The van der Waals surface area contributed by atoms with E-state index in [9.17, 15) is 56.2 Å². The number of alkyl carbamates (subject to hydrolysis) is 1. The molecule has 24 nitrogen and oxygen atoms in total. The lowest BCUT2D eigenvalue weighted by Crippen LogP contribution is -2.53. The van der Waals surface area contributed by atoms with Crippen LogP contribution in [0.3, 0.4) is 0 Å².